The van der Waals surface area contributed by atoms with Gasteiger partial charge in [0.05, 0.1) is 28.0 Å². The smallest absolute Gasteiger partial charge is 0.151 e. The molecule has 2 atom stereocenters. The first-order valence-electron chi connectivity index (χ1n) is 8.55. The van der Waals surface area contributed by atoms with Gasteiger partial charge in [-0.2, -0.15) is 0 Å². The van der Waals surface area contributed by atoms with Gasteiger partial charge in [0, 0.05) is 38.3 Å². The summed E-state index contributed by atoms with van der Waals surface area (Å²) in [5, 5.41) is 3.76. The summed E-state index contributed by atoms with van der Waals surface area (Å²) >= 11 is 6.55. The van der Waals surface area contributed by atoms with Crippen molar-refractivity contribution in [3.05, 3.63) is 34.4 Å². The Morgan fingerprint density at radius 1 is 1.32 bits per heavy atom. The van der Waals surface area contributed by atoms with E-state index in [0.717, 1.165) is 30.2 Å². The summed E-state index contributed by atoms with van der Waals surface area (Å²) in [4.78, 5) is 11.2. The van der Waals surface area contributed by atoms with Crippen LogP contribution in [-0.2, 0) is 0 Å². The van der Waals surface area contributed by atoms with Crippen LogP contribution in [0.1, 0.15) is 18.1 Å². The van der Waals surface area contributed by atoms with Crippen LogP contribution in [0.25, 0.3) is 0 Å². The number of aliphatic imine (C=N–C) groups is 1. The number of rotatable bonds is 0. The third kappa shape index (κ3) is 2.27. The number of nitrogens with one attached hydrogen (secondary N) is 1. The van der Waals surface area contributed by atoms with Crippen LogP contribution in [0, 0.1) is 12.7 Å². The van der Waals surface area contributed by atoms with Crippen LogP contribution in [0.2, 0.25) is 5.02 Å². The number of amidine groups is 1. The molecule has 0 bridgehead atoms. The second kappa shape index (κ2) is 5.61. The molecular formula is C18H23ClFN5. The van der Waals surface area contributed by atoms with E-state index in [-0.39, 0.29) is 17.9 Å². The van der Waals surface area contributed by atoms with Crippen molar-refractivity contribution < 1.29 is 4.39 Å². The number of halogens is 2. The zero-order valence-electron chi connectivity index (χ0n) is 15.0. The van der Waals surface area contributed by atoms with Crippen molar-refractivity contribution in [2.45, 2.75) is 25.9 Å². The highest BCUT2D eigenvalue weighted by Gasteiger charge is 2.41. The number of piperazine rings is 1. The lowest BCUT2D eigenvalue weighted by molar-refractivity contribution is 0.111. The lowest BCUT2D eigenvalue weighted by Gasteiger charge is -2.46. The Balaban J connectivity index is 2.00. The maximum atomic E-state index is 15.0. The van der Waals surface area contributed by atoms with Crippen molar-refractivity contribution in [1.29, 1.82) is 0 Å². The van der Waals surface area contributed by atoms with Gasteiger partial charge in [-0.1, -0.05) is 18.2 Å². The van der Waals surface area contributed by atoms with Crippen molar-refractivity contribution in [1.82, 2.24) is 9.80 Å². The lowest BCUT2D eigenvalue weighted by atomic mass is 10.00. The predicted octanol–water partition coefficient (Wildman–Crippen LogP) is 2.89. The van der Waals surface area contributed by atoms with Crippen LogP contribution in [-0.4, -0.2) is 61.4 Å². The molecule has 0 amide bonds. The van der Waals surface area contributed by atoms with E-state index in [1.54, 1.807) is 6.92 Å². The fourth-order valence-corrected chi connectivity index (χ4v) is 4.56. The SMILES string of the molecule is C=C1N=C2c3c(c(F)c(C)c(Cl)c3N1C)NCC1CN(C)CC(C)N21. The molecule has 1 N–H and O–H groups in total. The first kappa shape index (κ1) is 16.7. The topological polar surface area (TPSA) is 34.1 Å². The molecule has 3 heterocycles. The summed E-state index contributed by atoms with van der Waals surface area (Å²) in [6, 6.07) is 0.477. The number of nitrogens with zero attached hydrogens (tertiary/aromatic N) is 4. The first-order chi connectivity index (χ1) is 11.8. The molecule has 5 nitrogen and oxygen atoms in total. The quantitative estimate of drug-likeness (QED) is 0.768. The summed E-state index contributed by atoms with van der Waals surface area (Å²) in [5.74, 6) is 1.11. The van der Waals surface area contributed by atoms with E-state index in [2.05, 4.69) is 35.7 Å². The average Bonchev–Trinajstić information content (AvgIpc) is 2.70. The van der Waals surface area contributed by atoms with E-state index in [0.29, 0.717) is 28.6 Å². The standard InChI is InChI=1S/C18H23ClFN5/c1-9-7-23(4)8-12-6-21-16-13-17(14(19)10(2)15(16)20)24(5)11(3)22-18(13)25(9)12/h9,12,21H,3,6-8H2,1-2,4-5H3. The monoisotopic (exact) mass is 363 g/mol. The molecule has 4 rings (SSSR count). The minimum atomic E-state index is -0.293. The molecule has 0 aromatic heterocycles. The number of likely N-dealkylation sites (N-methyl/N-ethyl adjacent to an activating group) is 1. The third-order valence-electron chi connectivity index (χ3n) is 5.48. The summed E-state index contributed by atoms with van der Waals surface area (Å²) in [5.41, 5.74) is 2.49. The molecule has 0 radical (unpaired) electrons. The molecule has 7 heteroatoms. The fraction of sp³-hybridized carbons (Fsp3) is 0.500. The Kier molecular flexibility index (Phi) is 3.74. The molecular weight excluding hydrogens is 341 g/mol. The minimum Gasteiger partial charge on any atom is -0.380 e. The minimum absolute atomic E-state index is 0.211. The summed E-state index contributed by atoms with van der Waals surface area (Å²) in [6.45, 7) is 10.5. The van der Waals surface area contributed by atoms with Crippen molar-refractivity contribution in [2.75, 3.05) is 43.9 Å². The fourth-order valence-electron chi connectivity index (χ4n) is 4.25. The largest absolute Gasteiger partial charge is 0.380 e. The zero-order chi connectivity index (χ0) is 18.0. The van der Waals surface area contributed by atoms with Crippen LogP contribution in [0.5, 0.6) is 0 Å². The molecule has 134 valence electrons. The molecule has 0 spiro atoms. The molecule has 0 saturated carbocycles. The van der Waals surface area contributed by atoms with Gasteiger partial charge in [-0.25, -0.2) is 9.38 Å². The van der Waals surface area contributed by atoms with Gasteiger partial charge < -0.3 is 20.0 Å². The van der Waals surface area contributed by atoms with Gasteiger partial charge in [-0.15, -0.1) is 0 Å². The average molecular weight is 364 g/mol. The first-order valence-corrected chi connectivity index (χ1v) is 8.93. The molecule has 1 aromatic rings. The number of hydrogen-bond donors (Lipinski definition) is 1. The number of fused-ring (bicyclic) bond motifs is 2. The molecule has 3 aliphatic heterocycles. The highest BCUT2D eigenvalue weighted by molar-refractivity contribution is 6.36. The van der Waals surface area contributed by atoms with E-state index < -0.39 is 0 Å². The molecule has 1 fully saturated rings. The molecule has 2 unspecified atom stereocenters. The van der Waals surface area contributed by atoms with Crippen molar-refractivity contribution in [3.8, 4) is 0 Å². The van der Waals surface area contributed by atoms with E-state index in [1.807, 2.05) is 11.9 Å². The van der Waals surface area contributed by atoms with E-state index in [1.165, 1.54) is 0 Å². The highest BCUT2D eigenvalue weighted by Crippen LogP contribution is 2.45. The molecule has 3 aliphatic rings. The van der Waals surface area contributed by atoms with Crippen LogP contribution in [0.3, 0.4) is 0 Å². The van der Waals surface area contributed by atoms with Crippen LogP contribution in [0.15, 0.2) is 17.4 Å². The van der Waals surface area contributed by atoms with E-state index in [4.69, 9.17) is 16.6 Å². The van der Waals surface area contributed by atoms with Gasteiger partial charge in [0.1, 0.15) is 11.7 Å². The Morgan fingerprint density at radius 3 is 2.76 bits per heavy atom. The number of benzene rings is 1. The highest BCUT2D eigenvalue weighted by atomic mass is 35.5. The van der Waals surface area contributed by atoms with Gasteiger partial charge in [0.15, 0.2) is 5.82 Å². The van der Waals surface area contributed by atoms with Gasteiger partial charge in [0.25, 0.3) is 0 Å². The van der Waals surface area contributed by atoms with Gasteiger partial charge in [-0.3, -0.25) is 0 Å². The molecule has 0 aliphatic carbocycles. The van der Waals surface area contributed by atoms with E-state index >= 15 is 4.39 Å². The Morgan fingerprint density at radius 2 is 2.04 bits per heavy atom. The molecule has 1 saturated heterocycles. The van der Waals surface area contributed by atoms with Crippen LogP contribution >= 0.6 is 11.6 Å². The maximum absolute atomic E-state index is 15.0. The molecule has 1 aromatic carbocycles. The molecule has 25 heavy (non-hydrogen) atoms. The Labute approximate surface area is 152 Å². The second-order valence-electron chi connectivity index (χ2n) is 7.27. The zero-order valence-corrected chi connectivity index (χ0v) is 15.8. The van der Waals surface area contributed by atoms with Gasteiger partial charge >= 0.3 is 0 Å². The summed E-state index contributed by atoms with van der Waals surface area (Å²) in [6.07, 6.45) is 0. The Bertz CT molecular complexity index is 805. The van der Waals surface area contributed by atoms with Crippen molar-refractivity contribution in [3.63, 3.8) is 0 Å². The van der Waals surface area contributed by atoms with Crippen molar-refractivity contribution >= 4 is 28.8 Å². The Hall–Kier alpha value is -1.79. The second-order valence-corrected chi connectivity index (χ2v) is 7.65. The van der Waals surface area contributed by atoms with Gasteiger partial charge in [0.2, 0.25) is 0 Å². The lowest BCUT2D eigenvalue weighted by Crippen LogP contribution is -2.60. The van der Waals surface area contributed by atoms with Crippen molar-refractivity contribution in [2.24, 2.45) is 4.99 Å². The number of hydrogen-bond acceptors (Lipinski definition) is 5. The van der Waals surface area contributed by atoms with Crippen LogP contribution in [0.4, 0.5) is 15.8 Å². The summed E-state index contributed by atoms with van der Waals surface area (Å²) in [7, 11) is 3.99. The maximum Gasteiger partial charge on any atom is 0.151 e. The number of anilines is 2. The predicted molar refractivity (Wildman–Crippen MR) is 101 cm³/mol. The van der Waals surface area contributed by atoms with Gasteiger partial charge in [-0.05, 0) is 20.9 Å². The third-order valence-corrected chi connectivity index (χ3v) is 5.94. The summed E-state index contributed by atoms with van der Waals surface area (Å²) < 4.78 is 15.0. The normalized spacial score (nSPS) is 25.8. The van der Waals surface area contributed by atoms with E-state index in [9.17, 15) is 0 Å². The van der Waals surface area contributed by atoms with Crippen LogP contribution < -0.4 is 10.2 Å².